The third-order valence-corrected chi connectivity index (χ3v) is 3.10. The minimum atomic E-state index is -0.100. The summed E-state index contributed by atoms with van der Waals surface area (Å²) in [6, 6.07) is 0.336. The summed E-state index contributed by atoms with van der Waals surface area (Å²) in [5, 5.41) is 6.64. The van der Waals surface area contributed by atoms with Crippen LogP contribution >= 0.6 is 0 Å². The van der Waals surface area contributed by atoms with Crippen molar-refractivity contribution in [2.45, 2.75) is 32.9 Å². The Morgan fingerprint density at radius 1 is 1.39 bits per heavy atom. The van der Waals surface area contributed by atoms with E-state index in [9.17, 15) is 4.79 Å². The van der Waals surface area contributed by atoms with Crippen LogP contribution in [0.2, 0.25) is 0 Å². The largest absolute Gasteiger partial charge is 0.383 e. The van der Waals surface area contributed by atoms with Crippen LogP contribution in [0.3, 0.4) is 0 Å². The Morgan fingerprint density at radius 2 is 2.11 bits per heavy atom. The summed E-state index contributed by atoms with van der Waals surface area (Å²) in [6.45, 7) is 9.97. The van der Waals surface area contributed by atoms with Gasteiger partial charge in [0, 0.05) is 39.3 Å². The average Bonchev–Trinajstić information content (AvgIpc) is 2.34. The zero-order chi connectivity index (χ0) is 13.5. The van der Waals surface area contributed by atoms with Gasteiger partial charge in [-0.25, -0.2) is 0 Å². The first-order chi connectivity index (χ1) is 8.54. The van der Waals surface area contributed by atoms with Crippen molar-refractivity contribution in [2.75, 3.05) is 39.9 Å². The maximum Gasteiger partial charge on any atom is 0.241 e. The van der Waals surface area contributed by atoms with Crippen LogP contribution in [0.4, 0.5) is 0 Å². The Hall–Kier alpha value is -0.650. The minimum Gasteiger partial charge on any atom is -0.383 e. The number of nitrogens with zero attached hydrogens (tertiary/aromatic N) is 1. The molecule has 5 nitrogen and oxygen atoms in total. The summed E-state index contributed by atoms with van der Waals surface area (Å²) >= 11 is 0. The lowest BCUT2D eigenvalue weighted by Gasteiger charge is -2.33. The zero-order valence-electron chi connectivity index (χ0n) is 12.0. The maximum atomic E-state index is 12.4. The number of nitrogens with one attached hydrogen (secondary N) is 2. The molecule has 1 amide bonds. The lowest BCUT2D eigenvalue weighted by Crippen LogP contribution is -2.60. The topological polar surface area (TPSA) is 53.6 Å². The predicted octanol–water partition coefficient (Wildman–Crippen LogP) is 0.0673. The van der Waals surface area contributed by atoms with E-state index in [0.29, 0.717) is 31.7 Å². The van der Waals surface area contributed by atoms with Crippen LogP contribution in [-0.4, -0.2) is 62.8 Å². The summed E-state index contributed by atoms with van der Waals surface area (Å²) in [6.07, 6.45) is 0. The van der Waals surface area contributed by atoms with E-state index >= 15 is 0 Å². The van der Waals surface area contributed by atoms with E-state index in [1.54, 1.807) is 7.11 Å². The third kappa shape index (κ3) is 4.92. The molecule has 2 unspecified atom stereocenters. The molecule has 2 N–H and O–H groups in total. The number of hydrogen-bond acceptors (Lipinski definition) is 4. The van der Waals surface area contributed by atoms with Crippen LogP contribution in [0, 0.1) is 5.92 Å². The van der Waals surface area contributed by atoms with Crippen molar-refractivity contribution in [1.82, 2.24) is 15.5 Å². The lowest BCUT2D eigenvalue weighted by molar-refractivity contribution is -0.135. The SMILES string of the molecule is COCCN(CC(C)C)C(=O)C1CNC(C)CN1. The molecule has 2 atom stereocenters. The van der Waals surface area contributed by atoms with Gasteiger partial charge in [-0.05, 0) is 12.8 Å². The lowest BCUT2D eigenvalue weighted by atomic mass is 10.1. The van der Waals surface area contributed by atoms with Crippen LogP contribution in [0.15, 0.2) is 0 Å². The van der Waals surface area contributed by atoms with Crippen molar-refractivity contribution >= 4 is 5.91 Å². The van der Waals surface area contributed by atoms with Crippen molar-refractivity contribution in [1.29, 1.82) is 0 Å². The van der Waals surface area contributed by atoms with Crippen LogP contribution in [0.25, 0.3) is 0 Å². The van der Waals surface area contributed by atoms with Crippen molar-refractivity contribution < 1.29 is 9.53 Å². The second kappa shape index (κ2) is 7.71. The number of rotatable bonds is 6. The van der Waals surface area contributed by atoms with Crippen molar-refractivity contribution in [3.05, 3.63) is 0 Å². The van der Waals surface area contributed by atoms with Gasteiger partial charge in [0.15, 0.2) is 0 Å². The number of piperazine rings is 1. The molecule has 1 saturated heterocycles. The molecule has 0 aromatic carbocycles. The van der Waals surface area contributed by atoms with Crippen LogP contribution in [-0.2, 0) is 9.53 Å². The van der Waals surface area contributed by atoms with Gasteiger partial charge in [0.1, 0.15) is 0 Å². The summed E-state index contributed by atoms with van der Waals surface area (Å²) in [5.74, 6) is 0.654. The molecular weight excluding hydrogens is 230 g/mol. The first-order valence-corrected chi connectivity index (χ1v) is 6.79. The smallest absolute Gasteiger partial charge is 0.241 e. The van der Waals surface area contributed by atoms with Gasteiger partial charge in [-0.15, -0.1) is 0 Å². The van der Waals surface area contributed by atoms with E-state index < -0.39 is 0 Å². The molecule has 1 heterocycles. The van der Waals surface area contributed by atoms with Crippen molar-refractivity contribution in [3.8, 4) is 0 Å². The Morgan fingerprint density at radius 3 is 2.61 bits per heavy atom. The Balaban J connectivity index is 2.51. The Labute approximate surface area is 110 Å². The summed E-state index contributed by atoms with van der Waals surface area (Å²) in [4.78, 5) is 14.3. The van der Waals surface area contributed by atoms with Crippen LogP contribution in [0.1, 0.15) is 20.8 Å². The standard InChI is InChI=1S/C13H27N3O2/c1-10(2)9-16(5-6-18-4)13(17)12-8-14-11(3)7-15-12/h10-12,14-15H,5-9H2,1-4H3. The highest BCUT2D eigenvalue weighted by Crippen LogP contribution is 2.04. The monoisotopic (exact) mass is 257 g/mol. The second-order valence-corrected chi connectivity index (χ2v) is 5.44. The van der Waals surface area contributed by atoms with E-state index in [4.69, 9.17) is 4.74 Å². The number of methoxy groups -OCH3 is 1. The van der Waals surface area contributed by atoms with E-state index in [0.717, 1.165) is 13.1 Å². The fourth-order valence-corrected chi connectivity index (χ4v) is 2.11. The van der Waals surface area contributed by atoms with Gasteiger partial charge in [-0.1, -0.05) is 13.8 Å². The Kier molecular flexibility index (Phi) is 6.60. The number of carbonyl (C=O) groups is 1. The summed E-state index contributed by atoms with van der Waals surface area (Å²) in [7, 11) is 1.67. The number of hydrogen-bond donors (Lipinski definition) is 2. The molecule has 5 heteroatoms. The molecule has 0 spiro atoms. The quantitative estimate of drug-likeness (QED) is 0.707. The molecule has 1 fully saturated rings. The highest BCUT2D eigenvalue weighted by Gasteiger charge is 2.27. The highest BCUT2D eigenvalue weighted by atomic mass is 16.5. The van der Waals surface area contributed by atoms with Crippen molar-refractivity contribution in [2.24, 2.45) is 5.92 Å². The van der Waals surface area contributed by atoms with Gasteiger partial charge in [-0.2, -0.15) is 0 Å². The van der Waals surface area contributed by atoms with Crippen molar-refractivity contribution in [3.63, 3.8) is 0 Å². The molecular formula is C13H27N3O2. The van der Waals surface area contributed by atoms with E-state index in [2.05, 4.69) is 31.4 Å². The number of amides is 1. The molecule has 0 bridgehead atoms. The minimum absolute atomic E-state index is 0.100. The van der Waals surface area contributed by atoms with Gasteiger partial charge >= 0.3 is 0 Å². The molecule has 1 rings (SSSR count). The van der Waals surface area contributed by atoms with Gasteiger partial charge in [0.2, 0.25) is 5.91 Å². The van der Waals surface area contributed by atoms with Gasteiger partial charge < -0.3 is 20.3 Å². The average molecular weight is 257 g/mol. The molecule has 18 heavy (non-hydrogen) atoms. The van der Waals surface area contributed by atoms with Gasteiger partial charge in [0.25, 0.3) is 0 Å². The molecule has 0 aromatic rings. The fraction of sp³-hybridized carbons (Fsp3) is 0.923. The zero-order valence-corrected chi connectivity index (χ0v) is 12.0. The van der Waals surface area contributed by atoms with E-state index in [1.165, 1.54) is 0 Å². The number of carbonyl (C=O) groups excluding carboxylic acids is 1. The predicted molar refractivity (Wildman–Crippen MR) is 72.5 cm³/mol. The number of ether oxygens (including phenoxy) is 1. The first-order valence-electron chi connectivity index (χ1n) is 6.79. The molecule has 106 valence electrons. The summed E-state index contributed by atoms with van der Waals surface area (Å²) in [5.41, 5.74) is 0. The highest BCUT2D eigenvalue weighted by molar-refractivity contribution is 5.82. The molecule has 0 aliphatic carbocycles. The fourth-order valence-electron chi connectivity index (χ4n) is 2.11. The maximum absolute atomic E-state index is 12.4. The van der Waals surface area contributed by atoms with Crippen LogP contribution < -0.4 is 10.6 Å². The normalized spacial score (nSPS) is 24.3. The Bertz CT molecular complexity index is 251. The molecule has 0 aromatic heterocycles. The third-order valence-electron chi connectivity index (χ3n) is 3.10. The van der Waals surface area contributed by atoms with E-state index in [-0.39, 0.29) is 11.9 Å². The van der Waals surface area contributed by atoms with Crippen LogP contribution in [0.5, 0.6) is 0 Å². The first kappa shape index (κ1) is 15.4. The molecule has 0 saturated carbocycles. The molecule has 1 aliphatic rings. The second-order valence-electron chi connectivity index (χ2n) is 5.44. The van der Waals surface area contributed by atoms with Gasteiger partial charge in [-0.3, -0.25) is 4.79 Å². The molecule has 0 radical (unpaired) electrons. The summed E-state index contributed by atoms with van der Waals surface area (Å²) < 4.78 is 5.08. The van der Waals surface area contributed by atoms with Gasteiger partial charge in [0.05, 0.1) is 12.6 Å². The van der Waals surface area contributed by atoms with E-state index in [1.807, 2.05) is 4.90 Å². The molecule has 1 aliphatic heterocycles.